The topological polar surface area (TPSA) is 95.0 Å². The molecule has 2 aromatic heterocycles. The van der Waals surface area contributed by atoms with Gasteiger partial charge in [-0.3, -0.25) is 9.36 Å². The van der Waals surface area contributed by atoms with Crippen LogP contribution in [0.3, 0.4) is 0 Å². The van der Waals surface area contributed by atoms with E-state index in [9.17, 15) is 15.2 Å². The molecule has 0 saturated heterocycles. The Kier molecular flexibility index (Phi) is 4.36. The highest BCUT2D eigenvalue weighted by Gasteiger charge is 2.27. The fourth-order valence-electron chi connectivity index (χ4n) is 3.55. The second kappa shape index (κ2) is 6.73. The first-order valence-electron chi connectivity index (χ1n) is 9.21. The van der Waals surface area contributed by atoms with Gasteiger partial charge in [0.2, 0.25) is 11.9 Å². The van der Waals surface area contributed by atoms with Crippen LogP contribution in [0.15, 0.2) is 36.7 Å². The summed E-state index contributed by atoms with van der Waals surface area (Å²) in [6.07, 6.45) is 4.23. The van der Waals surface area contributed by atoms with Crippen LogP contribution in [0, 0.1) is 11.3 Å². The molecule has 1 amide bonds. The van der Waals surface area contributed by atoms with Crippen LogP contribution in [0.2, 0.25) is 0 Å². The lowest BCUT2D eigenvalue weighted by Gasteiger charge is -2.30. The first-order valence-corrected chi connectivity index (χ1v) is 9.21. The quantitative estimate of drug-likeness (QED) is 0.758. The maximum Gasteiger partial charge on any atom is 0.234 e. The minimum atomic E-state index is -1.02. The minimum Gasteiger partial charge on any atom is -0.390 e. The van der Waals surface area contributed by atoms with Gasteiger partial charge in [0.1, 0.15) is 6.07 Å². The molecule has 1 aromatic carbocycles. The molecule has 1 N–H and O–H groups in total. The summed E-state index contributed by atoms with van der Waals surface area (Å²) in [4.78, 5) is 23.3. The van der Waals surface area contributed by atoms with Crippen LogP contribution < -0.4 is 0 Å². The Hall–Kier alpha value is -3.24. The number of carbonyl (C=O) groups is 1. The highest BCUT2D eigenvalue weighted by molar-refractivity contribution is 5.87. The molecule has 1 aliphatic heterocycles. The zero-order valence-electron chi connectivity index (χ0n) is 15.9. The Balaban J connectivity index is 1.64. The predicted octanol–water partition coefficient (Wildman–Crippen LogP) is 2.34. The smallest absolute Gasteiger partial charge is 0.234 e. The van der Waals surface area contributed by atoms with Gasteiger partial charge in [0, 0.05) is 42.9 Å². The minimum absolute atomic E-state index is 0.0720. The van der Waals surface area contributed by atoms with Gasteiger partial charge < -0.3 is 10.0 Å². The van der Waals surface area contributed by atoms with Gasteiger partial charge in [0.15, 0.2) is 0 Å². The summed E-state index contributed by atoms with van der Waals surface area (Å²) >= 11 is 0. The van der Waals surface area contributed by atoms with Crippen molar-refractivity contribution in [1.29, 1.82) is 5.26 Å². The second-order valence-corrected chi connectivity index (χ2v) is 7.74. The SMILES string of the molecule is CC(C)(O)CC(=O)N1CCc2nc(-n3cc(C#N)c4ccccc43)ncc2C1. The highest BCUT2D eigenvalue weighted by atomic mass is 16.3. The van der Waals surface area contributed by atoms with E-state index in [0.29, 0.717) is 31.0 Å². The van der Waals surface area contributed by atoms with E-state index in [1.165, 1.54) is 0 Å². The maximum absolute atomic E-state index is 12.4. The number of para-hydroxylation sites is 1. The molecule has 0 fully saturated rings. The summed E-state index contributed by atoms with van der Waals surface area (Å²) in [7, 11) is 0. The lowest BCUT2D eigenvalue weighted by molar-refractivity contribution is -0.136. The van der Waals surface area contributed by atoms with E-state index in [-0.39, 0.29) is 12.3 Å². The normalized spacial score (nSPS) is 14.0. The van der Waals surface area contributed by atoms with E-state index in [2.05, 4.69) is 11.1 Å². The third-order valence-corrected chi connectivity index (χ3v) is 4.91. The van der Waals surface area contributed by atoms with E-state index in [1.807, 2.05) is 28.8 Å². The number of nitriles is 1. The molecule has 0 atom stereocenters. The van der Waals surface area contributed by atoms with E-state index in [4.69, 9.17) is 4.98 Å². The molecule has 7 nitrogen and oxygen atoms in total. The number of rotatable bonds is 3. The van der Waals surface area contributed by atoms with E-state index < -0.39 is 5.60 Å². The van der Waals surface area contributed by atoms with Gasteiger partial charge in [0.25, 0.3) is 0 Å². The van der Waals surface area contributed by atoms with Gasteiger partial charge in [-0.2, -0.15) is 5.26 Å². The maximum atomic E-state index is 12.4. The number of nitrogens with zero attached hydrogens (tertiary/aromatic N) is 5. The number of hydrogen-bond donors (Lipinski definition) is 1. The largest absolute Gasteiger partial charge is 0.390 e. The fraction of sp³-hybridized carbons (Fsp3) is 0.333. The Morgan fingerprint density at radius 2 is 2.14 bits per heavy atom. The van der Waals surface area contributed by atoms with Crippen molar-refractivity contribution in [3.63, 3.8) is 0 Å². The number of benzene rings is 1. The molecule has 1 aliphatic rings. The molecule has 7 heteroatoms. The van der Waals surface area contributed by atoms with Crippen molar-refractivity contribution in [2.75, 3.05) is 6.54 Å². The third-order valence-electron chi connectivity index (χ3n) is 4.91. The molecule has 3 heterocycles. The van der Waals surface area contributed by atoms with Crippen molar-refractivity contribution in [2.24, 2.45) is 0 Å². The van der Waals surface area contributed by atoms with Crippen molar-refractivity contribution in [3.8, 4) is 12.0 Å². The molecule has 0 spiro atoms. The van der Waals surface area contributed by atoms with Gasteiger partial charge in [-0.25, -0.2) is 9.97 Å². The monoisotopic (exact) mass is 375 g/mol. The fourth-order valence-corrected chi connectivity index (χ4v) is 3.55. The first kappa shape index (κ1) is 18.1. The molecule has 0 unspecified atom stereocenters. The zero-order chi connectivity index (χ0) is 19.9. The molecule has 142 valence electrons. The zero-order valence-corrected chi connectivity index (χ0v) is 15.9. The van der Waals surface area contributed by atoms with Crippen LogP contribution in [0.1, 0.15) is 37.1 Å². The molecular weight excluding hydrogens is 354 g/mol. The van der Waals surface area contributed by atoms with Gasteiger partial charge in [-0.1, -0.05) is 18.2 Å². The van der Waals surface area contributed by atoms with E-state index in [0.717, 1.165) is 22.2 Å². The molecular formula is C21H21N5O2. The van der Waals surface area contributed by atoms with Crippen molar-refractivity contribution < 1.29 is 9.90 Å². The van der Waals surface area contributed by atoms with Crippen LogP contribution in [0.5, 0.6) is 0 Å². The molecule has 28 heavy (non-hydrogen) atoms. The van der Waals surface area contributed by atoms with Gasteiger partial charge in [-0.05, 0) is 19.9 Å². The van der Waals surface area contributed by atoms with Crippen molar-refractivity contribution in [2.45, 2.75) is 38.8 Å². The Labute approximate surface area is 162 Å². The molecule has 0 aliphatic carbocycles. The summed E-state index contributed by atoms with van der Waals surface area (Å²) < 4.78 is 1.83. The Morgan fingerprint density at radius 1 is 1.36 bits per heavy atom. The van der Waals surface area contributed by atoms with Crippen LogP contribution in [-0.4, -0.2) is 42.6 Å². The Morgan fingerprint density at radius 3 is 2.89 bits per heavy atom. The number of carbonyl (C=O) groups excluding carboxylic acids is 1. The highest BCUT2D eigenvalue weighted by Crippen LogP contribution is 2.25. The summed E-state index contributed by atoms with van der Waals surface area (Å²) in [6.45, 7) is 4.28. The summed E-state index contributed by atoms with van der Waals surface area (Å²) in [5.41, 5.74) is 2.27. The number of fused-ring (bicyclic) bond motifs is 2. The van der Waals surface area contributed by atoms with Crippen LogP contribution in [0.4, 0.5) is 0 Å². The molecule has 3 aromatic rings. The van der Waals surface area contributed by atoms with Gasteiger partial charge in [-0.15, -0.1) is 0 Å². The van der Waals surface area contributed by atoms with E-state index in [1.54, 1.807) is 31.1 Å². The Bertz CT molecular complexity index is 1100. The number of hydrogen-bond acceptors (Lipinski definition) is 5. The van der Waals surface area contributed by atoms with Gasteiger partial charge in [0.05, 0.1) is 28.8 Å². The van der Waals surface area contributed by atoms with E-state index >= 15 is 0 Å². The average Bonchev–Trinajstić information content (AvgIpc) is 3.04. The van der Waals surface area contributed by atoms with Crippen molar-refractivity contribution in [3.05, 3.63) is 53.5 Å². The molecule has 0 radical (unpaired) electrons. The van der Waals surface area contributed by atoms with Crippen LogP contribution in [-0.2, 0) is 17.8 Å². The number of amides is 1. The lowest BCUT2D eigenvalue weighted by Crippen LogP contribution is -2.40. The first-order chi connectivity index (χ1) is 13.4. The predicted molar refractivity (Wildman–Crippen MR) is 104 cm³/mol. The van der Waals surface area contributed by atoms with Crippen LogP contribution in [0.25, 0.3) is 16.9 Å². The van der Waals surface area contributed by atoms with Crippen LogP contribution >= 0.6 is 0 Å². The lowest BCUT2D eigenvalue weighted by atomic mass is 10.0. The average molecular weight is 375 g/mol. The summed E-state index contributed by atoms with van der Waals surface area (Å²) in [5, 5.41) is 20.1. The third kappa shape index (κ3) is 3.35. The number of aliphatic hydroxyl groups is 1. The summed E-state index contributed by atoms with van der Waals surface area (Å²) in [5.74, 6) is 0.449. The standard InChI is InChI=1S/C21H21N5O2/c1-21(2,28)9-19(27)25-8-7-17-15(12-25)11-23-20(24-17)26-13-14(10-22)16-5-3-4-6-18(16)26/h3-6,11,13,28H,7-9,12H2,1-2H3. The van der Waals surface area contributed by atoms with Crippen molar-refractivity contribution in [1.82, 2.24) is 19.4 Å². The molecule has 0 bridgehead atoms. The van der Waals surface area contributed by atoms with Crippen molar-refractivity contribution >= 4 is 16.8 Å². The number of aromatic nitrogens is 3. The van der Waals surface area contributed by atoms with Gasteiger partial charge >= 0.3 is 0 Å². The summed E-state index contributed by atoms with van der Waals surface area (Å²) in [6, 6.07) is 9.89. The second-order valence-electron chi connectivity index (χ2n) is 7.74. The molecule has 4 rings (SSSR count). The molecule has 0 saturated carbocycles.